The average molecular weight is 506 g/mol. The third-order valence-electron chi connectivity index (χ3n) is 8.32. The summed E-state index contributed by atoms with van der Waals surface area (Å²) in [4.78, 5) is 53.2. The molecule has 196 valence electrons. The summed E-state index contributed by atoms with van der Waals surface area (Å²) >= 11 is 0. The fraction of sp³-hybridized carbons (Fsp3) is 0.467. The molecule has 1 saturated carbocycles. The van der Waals surface area contributed by atoms with Crippen LogP contribution in [0.1, 0.15) is 39.7 Å². The van der Waals surface area contributed by atoms with E-state index >= 15 is 0 Å². The minimum Gasteiger partial charge on any atom is -0.457 e. The molecule has 0 bridgehead atoms. The fourth-order valence-corrected chi connectivity index (χ4v) is 6.48. The van der Waals surface area contributed by atoms with Crippen LogP contribution < -0.4 is 5.32 Å². The number of hydrogen-bond acceptors (Lipinski definition) is 6. The number of ether oxygens (including phenoxy) is 1. The first-order valence-electron chi connectivity index (χ1n) is 12.8. The highest BCUT2D eigenvalue weighted by Crippen LogP contribution is 2.57. The summed E-state index contributed by atoms with van der Waals surface area (Å²) in [5, 5.41) is 14.1. The third-order valence-corrected chi connectivity index (χ3v) is 8.32. The Kier molecular flexibility index (Phi) is 7.12. The Morgan fingerprint density at radius 3 is 2.49 bits per heavy atom. The Labute approximate surface area is 217 Å². The molecule has 7 nitrogen and oxygen atoms in total. The van der Waals surface area contributed by atoms with E-state index in [0.29, 0.717) is 12.0 Å². The van der Waals surface area contributed by atoms with Crippen LogP contribution in [0.15, 0.2) is 66.8 Å². The fourth-order valence-electron chi connectivity index (χ4n) is 6.48. The Morgan fingerprint density at radius 1 is 1.16 bits per heavy atom. The second-order valence-electron chi connectivity index (χ2n) is 10.9. The van der Waals surface area contributed by atoms with Gasteiger partial charge in [-0.05, 0) is 49.0 Å². The molecule has 1 aromatic carbocycles. The predicted molar refractivity (Wildman–Crippen MR) is 138 cm³/mol. The van der Waals surface area contributed by atoms with Crippen LogP contribution in [0.25, 0.3) is 0 Å². The Hall–Kier alpha value is -3.32. The molecule has 0 aromatic heterocycles. The molecule has 1 aliphatic heterocycles. The summed E-state index contributed by atoms with van der Waals surface area (Å²) in [5.41, 5.74) is -1.89. The number of aliphatic hydroxyl groups is 1. The number of rotatable bonds is 3. The van der Waals surface area contributed by atoms with Gasteiger partial charge in [0.1, 0.15) is 17.1 Å². The van der Waals surface area contributed by atoms with Crippen LogP contribution >= 0.6 is 0 Å². The number of Topliss-reactive ketones (excluding diaryl/α,β-unsaturated/α-hetero) is 2. The topological polar surface area (TPSA) is 110 Å². The van der Waals surface area contributed by atoms with Crippen molar-refractivity contribution in [3.05, 3.63) is 72.4 Å². The molecule has 2 fully saturated rings. The van der Waals surface area contributed by atoms with Gasteiger partial charge in [0.15, 0.2) is 11.6 Å². The van der Waals surface area contributed by atoms with Crippen molar-refractivity contribution in [1.29, 1.82) is 0 Å². The summed E-state index contributed by atoms with van der Waals surface area (Å²) in [6.45, 7) is 10.3. The van der Waals surface area contributed by atoms with Crippen molar-refractivity contribution >= 4 is 23.4 Å². The van der Waals surface area contributed by atoms with Crippen molar-refractivity contribution in [2.24, 2.45) is 29.1 Å². The number of carbonyl (C=O) groups excluding carboxylic acids is 4. The smallest absolute Gasteiger partial charge is 0.303 e. The van der Waals surface area contributed by atoms with Gasteiger partial charge in [-0.25, -0.2) is 0 Å². The van der Waals surface area contributed by atoms with Crippen molar-refractivity contribution in [3.8, 4) is 0 Å². The lowest BCUT2D eigenvalue weighted by Crippen LogP contribution is -2.59. The molecule has 1 spiro atoms. The zero-order valence-electron chi connectivity index (χ0n) is 21.8. The van der Waals surface area contributed by atoms with Crippen molar-refractivity contribution in [3.63, 3.8) is 0 Å². The zero-order chi connectivity index (χ0) is 27.1. The molecule has 1 unspecified atom stereocenters. The summed E-state index contributed by atoms with van der Waals surface area (Å²) < 4.78 is 5.77. The van der Waals surface area contributed by atoms with E-state index in [9.17, 15) is 24.3 Å². The molecule has 8 atom stereocenters. The molecule has 1 heterocycles. The molecular weight excluding hydrogens is 470 g/mol. The average Bonchev–Trinajstić information content (AvgIpc) is 3.13. The van der Waals surface area contributed by atoms with Crippen molar-refractivity contribution in [2.45, 2.75) is 58.3 Å². The van der Waals surface area contributed by atoms with Gasteiger partial charge >= 0.3 is 5.97 Å². The second kappa shape index (κ2) is 9.86. The molecule has 1 amide bonds. The highest BCUT2D eigenvalue weighted by molar-refractivity contribution is 6.05. The van der Waals surface area contributed by atoms with Crippen molar-refractivity contribution in [1.82, 2.24) is 5.32 Å². The molecule has 1 aromatic rings. The largest absolute Gasteiger partial charge is 0.457 e. The summed E-state index contributed by atoms with van der Waals surface area (Å²) in [7, 11) is 0. The maximum absolute atomic E-state index is 14.1. The number of amides is 1. The van der Waals surface area contributed by atoms with Crippen LogP contribution in [-0.4, -0.2) is 46.3 Å². The standard InChI is InChI=1S/C30H35NO6/c1-17-10-9-13-22-26(33)19(3)18(2)25-23(16-21-11-7-6-8-12-21)31-28(35)30(22,25)24(37-20(4)32)14-15-29(5,36)27(17)34/h6-9,11-15,17-18,22-25,36H,3,10,16H2,1-2,4-5H3,(H,31,35)/b13-9+,15-14+/t17-,18+,22-,23-,24+,25-,29+,30?/m0/s1. The third kappa shape index (κ3) is 4.50. The van der Waals surface area contributed by atoms with Gasteiger partial charge in [-0.2, -0.15) is 0 Å². The Balaban J connectivity index is 1.95. The Bertz CT molecular complexity index is 1180. The van der Waals surface area contributed by atoms with Gasteiger partial charge in [-0.15, -0.1) is 0 Å². The van der Waals surface area contributed by atoms with Gasteiger partial charge in [0.2, 0.25) is 5.91 Å². The molecule has 37 heavy (non-hydrogen) atoms. The van der Waals surface area contributed by atoms with Crippen LogP contribution in [-0.2, 0) is 30.3 Å². The lowest BCUT2D eigenvalue weighted by molar-refractivity contribution is -0.164. The molecule has 0 radical (unpaired) electrons. The van der Waals surface area contributed by atoms with E-state index in [4.69, 9.17) is 4.74 Å². The number of nitrogens with one attached hydrogen (secondary N) is 1. The first-order chi connectivity index (χ1) is 17.4. The Morgan fingerprint density at radius 2 is 1.84 bits per heavy atom. The quantitative estimate of drug-likeness (QED) is 0.371. The molecule has 3 aliphatic rings. The lowest BCUT2D eigenvalue weighted by atomic mass is 9.52. The maximum atomic E-state index is 14.1. The van der Waals surface area contributed by atoms with E-state index in [1.54, 1.807) is 19.1 Å². The van der Waals surface area contributed by atoms with Crippen molar-refractivity contribution < 1.29 is 29.0 Å². The first-order valence-corrected chi connectivity index (χ1v) is 12.8. The van der Waals surface area contributed by atoms with Crippen LogP contribution in [0.4, 0.5) is 0 Å². The number of carbonyl (C=O) groups is 4. The minimum absolute atomic E-state index is 0.280. The van der Waals surface area contributed by atoms with E-state index in [1.165, 1.54) is 26.0 Å². The van der Waals surface area contributed by atoms with Crippen LogP contribution in [0.2, 0.25) is 0 Å². The van der Waals surface area contributed by atoms with E-state index < -0.39 is 52.5 Å². The molecule has 1 saturated heterocycles. The van der Waals surface area contributed by atoms with Gasteiger partial charge < -0.3 is 15.2 Å². The second-order valence-corrected chi connectivity index (χ2v) is 10.9. The van der Waals surface area contributed by atoms with Gasteiger partial charge in [0.25, 0.3) is 0 Å². The number of allylic oxidation sites excluding steroid dienone is 3. The summed E-state index contributed by atoms with van der Waals surface area (Å²) in [6, 6.07) is 9.38. The van der Waals surface area contributed by atoms with Crippen molar-refractivity contribution in [2.75, 3.05) is 0 Å². The van der Waals surface area contributed by atoms with Crippen LogP contribution in [0.3, 0.4) is 0 Å². The van der Waals surface area contributed by atoms with Gasteiger partial charge in [0, 0.05) is 24.8 Å². The lowest BCUT2D eigenvalue weighted by Gasteiger charge is -2.49. The number of esters is 1. The summed E-state index contributed by atoms with van der Waals surface area (Å²) in [6.07, 6.45) is 5.71. The number of ketones is 2. The molecule has 2 aliphatic carbocycles. The molecule has 7 heteroatoms. The maximum Gasteiger partial charge on any atom is 0.303 e. The number of hydrogen-bond donors (Lipinski definition) is 2. The number of benzene rings is 1. The van der Waals surface area contributed by atoms with Crippen LogP contribution in [0, 0.1) is 29.1 Å². The van der Waals surface area contributed by atoms with E-state index in [2.05, 4.69) is 11.9 Å². The van der Waals surface area contributed by atoms with E-state index in [-0.39, 0.29) is 24.2 Å². The van der Waals surface area contributed by atoms with Gasteiger partial charge in [0.05, 0.1) is 5.92 Å². The SMILES string of the molecule is C=C1C(=O)[C@@H]2/C=C/C[C@H](C)C(=O)[C@](C)(O)/C=C/[C@@H](OC(C)=O)C23C(=O)N[C@@H](Cc2ccccc2)[C@@H]3[C@@H]1C. The molecular formula is C30H35NO6. The molecule has 2 N–H and O–H groups in total. The van der Waals surface area contributed by atoms with Crippen LogP contribution in [0.5, 0.6) is 0 Å². The summed E-state index contributed by atoms with van der Waals surface area (Å²) in [5.74, 6) is -4.05. The highest BCUT2D eigenvalue weighted by Gasteiger charge is 2.69. The normalized spacial score (nSPS) is 39.6. The predicted octanol–water partition coefficient (Wildman–Crippen LogP) is 3.13. The van der Waals surface area contributed by atoms with E-state index in [1.807, 2.05) is 37.3 Å². The first kappa shape index (κ1) is 26.7. The van der Waals surface area contributed by atoms with E-state index in [0.717, 1.165) is 5.56 Å². The monoisotopic (exact) mass is 505 g/mol. The van der Waals surface area contributed by atoms with Gasteiger partial charge in [-0.3, -0.25) is 19.2 Å². The van der Waals surface area contributed by atoms with Gasteiger partial charge in [-0.1, -0.05) is 62.9 Å². The minimum atomic E-state index is -1.84. The highest BCUT2D eigenvalue weighted by atomic mass is 16.5. The molecule has 4 rings (SSSR count). The zero-order valence-corrected chi connectivity index (χ0v) is 21.8.